The number of hydrogen-bond acceptors (Lipinski definition) is 5. The molecule has 9 heteroatoms. The van der Waals surface area contributed by atoms with Gasteiger partial charge in [-0.15, -0.1) is 11.3 Å². The van der Waals surface area contributed by atoms with E-state index in [9.17, 15) is 14.0 Å². The largest absolute Gasteiger partial charge is 0.368 e. The summed E-state index contributed by atoms with van der Waals surface area (Å²) in [4.78, 5) is 30.1. The van der Waals surface area contributed by atoms with Crippen LogP contribution in [0.4, 0.5) is 10.1 Å². The summed E-state index contributed by atoms with van der Waals surface area (Å²) in [5, 5.41) is 6.44. The number of hydrogen-bond donors (Lipinski definition) is 0. The van der Waals surface area contributed by atoms with Crippen LogP contribution in [-0.4, -0.2) is 46.8 Å². The molecular weight excluding hydrogens is 427 g/mol. The van der Waals surface area contributed by atoms with E-state index in [2.05, 4.69) is 10.00 Å². The van der Waals surface area contributed by atoms with Crippen molar-refractivity contribution in [2.24, 2.45) is 0 Å². The molecule has 1 aromatic carbocycles. The third-order valence-electron chi connectivity index (χ3n) is 5.18. The second-order valence-electron chi connectivity index (χ2n) is 7.07. The number of benzene rings is 1. The first kappa shape index (κ1) is 20.6. The molecule has 3 heterocycles. The van der Waals surface area contributed by atoms with Crippen molar-refractivity contribution in [2.45, 2.75) is 13.0 Å². The molecule has 4 rings (SSSR count). The van der Waals surface area contributed by atoms with Crippen LogP contribution in [0.5, 0.6) is 0 Å². The van der Waals surface area contributed by atoms with Crippen molar-refractivity contribution in [1.29, 1.82) is 0 Å². The molecule has 1 aliphatic heterocycles. The molecule has 156 valence electrons. The van der Waals surface area contributed by atoms with Gasteiger partial charge in [-0.2, -0.15) is 5.10 Å². The molecule has 0 radical (unpaired) electrons. The molecule has 0 N–H and O–H groups in total. The number of piperazine rings is 1. The number of rotatable bonds is 4. The fourth-order valence-corrected chi connectivity index (χ4v) is 4.36. The molecular formula is C21H20ClFN4O2S. The van der Waals surface area contributed by atoms with Crippen LogP contribution in [0.15, 0.2) is 52.6 Å². The van der Waals surface area contributed by atoms with E-state index in [1.165, 1.54) is 28.2 Å². The lowest BCUT2D eigenvalue weighted by Crippen LogP contribution is -2.51. The Labute approximate surface area is 182 Å². The van der Waals surface area contributed by atoms with Crippen molar-refractivity contribution >= 4 is 34.5 Å². The summed E-state index contributed by atoms with van der Waals surface area (Å²) >= 11 is 7.41. The Morgan fingerprint density at radius 3 is 2.60 bits per heavy atom. The van der Waals surface area contributed by atoms with E-state index in [0.717, 1.165) is 10.6 Å². The van der Waals surface area contributed by atoms with Gasteiger partial charge in [0.25, 0.3) is 5.56 Å². The van der Waals surface area contributed by atoms with Crippen molar-refractivity contribution in [2.75, 3.05) is 31.1 Å². The average Bonchev–Trinajstić information content (AvgIpc) is 3.30. The van der Waals surface area contributed by atoms with Gasteiger partial charge in [-0.05, 0) is 42.6 Å². The van der Waals surface area contributed by atoms with Crippen molar-refractivity contribution < 1.29 is 9.18 Å². The fourth-order valence-electron chi connectivity index (χ4n) is 3.49. The number of nitrogens with zero attached hydrogens (tertiary/aromatic N) is 4. The van der Waals surface area contributed by atoms with E-state index in [4.69, 9.17) is 11.6 Å². The Morgan fingerprint density at radius 2 is 1.93 bits per heavy atom. The summed E-state index contributed by atoms with van der Waals surface area (Å²) in [6.45, 7) is 3.88. The van der Waals surface area contributed by atoms with Gasteiger partial charge in [0.1, 0.15) is 17.6 Å². The predicted octanol–water partition coefficient (Wildman–Crippen LogP) is 3.67. The Bertz CT molecular complexity index is 1110. The first-order valence-electron chi connectivity index (χ1n) is 9.56. The number of carbonyl (C=O) groups is 1. The van der Waals surface area contributed by atoms with E-state index >= 15 is 0 Å². The predicted molar refractivity (Wildman–Crippen MR) is 117 cm³/mol. The molecule has 1 aliphatic rings. The van der Waals surface area contributed by atoms with Gasteiger partial charge in [-0.25, -0.2) is 9.07 Å². The summed E-state index contributed by atoms with van der Waals surface area (Å²) in [5.41, 5.74) is 1.18. The monoisotopic (exact) mass is 446 g/mol. The zero-order valence-corrected chi connectivity index (χ0v) is 17.9. The molecule has 0 aliphatic carbocycles. The number of carbonyl (C=O) groups excluding carboxylic acids is 1. The minimum Gasteiger partial charge on any atom is -0.368 e. The van der Waals surface area contributed by atoms with Crippen LogP contribution in [0.2, 0.25) is 5.02 Å². The zero-order chi connectivity index (χ0) is 21.3. The Morgan fingerprint density at radius 1 is 1.17 bits per heavy atom. The van der Waals surface area contributed by atoms with Crippen LogP contribution < -0.4 is 10.5 Å². The standard InChI is InChI=1S/C21H20ClFN4O2S/c1-14(27-20(28)7-6-18(24-27)19-3-2-12-30-19)21(29)26-10-8-25(9-11-26)15-4-5-17(23)16(22)13-15/h2-7,12-14H,8-11H2,1H3. The molecule has 1 saturated heterocycles. The molecule has 1 amide bonds. The highest BCUT2D eigenvalue weighted by Crippen LogP contribution is 2.25. The first-order valence-corrected chi connectivity index (χ1v) is 10.8. The van der Waals surface area contributed by atoms with Gasteiger partial charge in [-0.3, -0.25) is 9.59 Å². The summed E-state index contributed by atoms with van der Waals surface area (Å²) in [6.07, 6.45) is 0. The number of thiophene rings is 1. The van der Waals surface area contributed by atoms with Crippen molar-refractivity contribution in [3.63, 3.8) is 0 Å². The maximum Gasteiger partial charge on any atom is 0.267 e. The van der Waals surface area contributed by atoms with Crippen LogP contribution in [0, 0.1) is 5.82 Å². The summed E-state index contributed by atoms with van der Waals surface area (Å²) < 4.78 is 14.7. The highest BCUT2D eigenvalue weighted by Gasteiger charge is 2.27. The third-order valence-corrected chi connectivity index (χ3v) is 6.36. The van der Waals surface area contributed by atoms with Crippen molar-refractivity contribution in [1.82, 2.24) is 14.7 Å². The quantitative estimate of drug-likeness (QED) is 0.613. The van der Waals surface area contributed by atoms with Crippen LogP contribution >= 0.6 is 22.9 Å². The second-order valence-corrected chi connectivity index (χ2v) is 8.42. The SMILES string of the molecule is CC(C(=O)N1CCN(c2ccc(F)c(Cl)c2)CC1)n1nc(-c2cccs2)ccc1=O. The molecule has 1 fully saturated rings. The van der Waals surface area contributed by atoms with Crippen LogP contribution in [0.25, 0.3) is 10.6 Å². The molecule has 1 atom stereocenters. The lowest BCUT2D eigenvalue weighted by Gasteiger charge is -2.37. The molecule has 0 spiro atoms. The van der Waals surface area contributed by atoms with Crippen LogP contribution in [-0.2, 0) is 4.79 Å². The Balaban J connectivity index is 1.46. The normalized spacial score (nSPS) is 15.3. The van der Waals surface area contributed by atoms with E-state index < -0.39 is 11.9 Å². The molecule has 0 bridgehead atoms. The maximum absolute atomic E-state index is 13.4. The van der Waals surface area contributed by atoms with Gasteiger partial charge in [-0.1, -0.05) is 17.7 Å². The summed E-state index contributed by atoms with van der Waals surface area (Å²) in [5.74, 6) is -0.601. The number of aromatic nitrogens is 2. The molecule has 1 unspecified atom stereocenters. The fraction of sp³-hybridized carbons (Fsp3) is 0.286. The Kier molecular flexibility index (Phi) is 5.87. The second kappa shape index (κ2) is 8.57. The highest BCUT2D eigenvalue weighted by atomic mass is 35.5. The zero-order valence-electron chi connectivity index (χ0n) is 16.3. The smallest absolute Gasteiger partial charge is 0.267 e. The lowest BCUT2D eigenvalue weighted by molar-refractivity contribution is -0.135. The van der Waals surface area contributed by atoms with Gasteiger partial charge < -0.3 is 9.80 Å². The van der Waals surface area contributed by atoms with E-state index in [0.29, 0.717) is 31.9 Å². The minimum absolute atomic E-state index is 0.0794. The molecule has 6 nitrogen and oxygen atoms in total. The van der Waals surface area contributed by atoms with Gasteiger partial charge >= 0.3 is 0 Å². The van der Waals surface area contributed by atoms with E-state index in [-0.39, 0.29) is 16.5 Å². The van der Waals surface area contributed by atoms with Gasteiger partial charge in [0, 0.05) is 37.9 Å². The molecule has 3 aromatic rings. The highest BCUT2D eigenvalue weighted by molar-refractivity contribution is 7.13. The van der Waals surface area contributed by atoms with E-state index in [1.807, 2.05) is 17.5 Å². The first-order chi connectivity index (χ1) is 14.4. The molecule has 0 saturated carbocycles. The van der Waals surface area contributed by atoms with Gasteiger partial charge in [0.2, 0.25) is 5.91 Å². The number of amides is 1. The summed E-state index contributed by atoms with van der Waals surface area (Å²) in [6, 6.07) is 10.9. The van der Waals surface area contributed by atoms with Gasteiger partial charge in [0.05, 0.1) is 9.90 Å². The number of halogens is 2. The maximum atomic E-state index is 13.4. The third kappa shape index (κ3) is 4.11. The van der Waals surface area contributed by atoms with Crippen LogP contribution in [0.1, 0.15) is 13.0 Å². The summed E-state index contributed by atoms with van der Waals surface area (Å²) in [7, 11) is 0. The minimum atomic E-state index is -0.704. The van der Waals surface area contributed by atoms with E-state index in [1.54, 1.807) is 30.0 Å². The van der Waals surface area contributed by atoms with Crippen LogP contribution in [0.3, 0.4) is 0 Å². The van der Waals surface area contributed by atoms with Crippen molar-refractivity contribution in [3.05, 3.63) is 69.0 Å². The topological polar surface area (TPSA) is 58.4 Å². The molecule has 2 aromatic heterocycles. The number of anilines is 1. The van der Waals surface area contributed by atoms with Gasteiger partial charge in [0.15, 0.2) is 0 Å². The molecule has 30 heavy (non-hydrogen) atoms. The van der Waals surface area contributed by atoms with Crippen molar-refractivity contribution in [3.8, 4) is 10.6 Å². The average molecular weight is 447 g/mol. The Hall–Kier alpha value is -2.71. The lowest BCUT2D eigenvalue weighted by atomic mass is 10.2.